The molecule has 1 saturated carbocycles. The van der Waals surface area contributed by atoms with Crippen LogP contribution in [0.4, 0.5) is 11.8 Å². The van der Waals surface area contributed by atoms with E-state index in [0.717, 1.165) is 60.8 Å². The lowest BCUT2D eigenvalue weighted by atomic mass is 9.74. The largest absolute Gasteiger partial charge is 0.598 e. The lowest BCUT2D eigenvalue weighted by Gasteiger charge is -2.44. The maximum atomic E-state index is 12.8. The van der Waals surface area contributed by atoms with E-state index in [1.807, 2.05) is 44.4 Å². The topological polar surface area (TPSA) is 107 Å². The van der Waals surface area contributed by atoms with E-state index >= 15 is 0 Å². The molecular formula is C25H34ClN7OS. The number of nitrogens with one attached hydrogen (secondary N) is 1. The lowest BCUT2D eigenvalue weighted by molar-refractivity contribution is 0.186. The van der Waals surface area contributed by atoms with Gasteiger partial charge in [-0.2, -0.15) is 0 Å². The molecule has 3 N–H and O–H groups in total. The molecule has 0 amide bonds. The number of aromatic nitrogens is 4. The predicted octanol–water partition coefficient (Wildman–Crippen LogP) is 4.53. The van der Waals surface area contributed by atoms with Crippen LogP contribution in [0, 0.1) is 12.3 Å². The summed E-state index contributed by atoms with van der Waals surface area (Å²) in [6, 6.07) is 2.16. The summed E-state index contributed by atoms with van der Waals surface area (Å²) >= 11 is 5.46. The van der Waals surface area contributed by atoms with Crippen molar-refractivity contribution in [3.63, 3.8) is 0 Å². The van der Waals surface area contributed by atoms with Gasteiger partial charge in [0, 0.05) is 54.2 Å². The number of nitrogens with zero attached hydrogens (tertiary/aromatic N) is 5. The fourth-order valence-corrected chi connectivity index (χ4v) is 6.83. The highest BCUT2D eigenvalue weighted by Crippen LogP contribution is 2.47. The zero-order valence-corrected chi connectivity index (χ0v) is 22.4. The number of halogens is 1. The van der Waals surface area contributed by atoms with Crippen molar-refractivity contribution in [3.8, 4) is 11.1 Å². The number of nitrogens with two attached hydrogens (primary N) is 1. The van der Waals surface area contributed by atoms with Gasteiger partial charge in [-0.3, -0.25) is 4.40 Å². The molecule has 8 nitrogen and oxygen atoms in total. The molecule has 35 heavy (non-hydrogen) atoms. The third-order valence-electron chi connectivity index (χ3n) is 7.65. The molecule has 2 atom stereocenters. The molecule has 3 aromatic heterocycles. The van der Waals surface area contributed by atoms with Crippen LogP contribution >= 0.6 is 11.6 Å². The number of rotatable bonds is 4. The Morgan fingerprint density at radius 3 is 2.66 bits per heavy atom. The third-order valence-corrected chi connectivity index (χ3v) is 9.66. The molecule has 10 heteroatoms. The second-order valence-corrected chi connectivity index (χ2v) is 13.2. The maximum Gasteiger partial charge on any atom is 0.211 e. The number of piperidine rings is 1. The van der Waals surface area contributed by atoms with Gasteiger partial charge in [0.1, 0.15) is 16.2 Å². The molecule has 5 rings (SSSR count). The minimum atomic E-state index is -1.05. The van der Waals surface area contributed by atoms with Gasteiger partial charge in [-0.15, -0.1) is 4.72 Å². The maximum absolute atomic E-state index is 12.8. The molecule has 4 heterocycles. The summed E-state index contributed by atoms with van der Waals surface area (Å²) in [5, 5.41) is 0.419. The van der Waals surface area contributed by atoms with Crippen molar-refractivity contribution in [2.45, 2.75) is 70.6 Å². The van der Waals surface area contributed by atoms with E-state index in [1.165, 1.54) is 12.8 Å². The Bertz CT molecular complexity index is 1230. The van der Waals surface area contributed by atoms with Crippen LogP contribution in [0.25, 0.3) is 16.8 Å². The Morgan fingerprint density at radius 2 is 1.94 bits per heavy atom. The van der Waals surface area contributed by atoms with E-state index < -0.39 is 11.4 Å². The average Bonchev–Trinajstić information content (AvgIpc) is 3.44. The standard InChI is InChI=1S/C25H34ClN7OS/c1-16-19(17-7-11-28-21(27)20(17)26)22-29-12-15-33(22)23(30-16)32-13-9-25(10-14-32)8-5-6-18(25)31-35(34)24(2,3)4/h7,11-12,15,18,31H,5-6,8-10,13-14H2,1-4H3,(H2,27,28)/t18-,35?/m1/s1. The minimum Gasteiger partial charge on any atom is -0.598 e. The van der Waals surface area contributed by atoms with Crippen LogP contribution in [0.1, 0.15) is 58.6 Å². The van der Waals surface area contributed by atoms with Gasteiger partial charge in [-0.05, 0) is 64.9 Å². The van der Waals surface area contributed by atoms with E-state index in [-0.39, 0.29) is 10.2 Å². The smallest absolute Gasteiger partial charge is 0.211 e. The molecule has 2 aliphatic rings. The van der Waals surface area contributed by atoms with E-state index in [9.17, 15) is 4.55 Å². The number of hydrogen-bond acceptors (Lipinski definition) is 7. The summed E-state index contributed by atoms with van der Waals surface area (Å²) in [5.41, 5.74) is 9.49. The van der Waals surface area contributed by atoms with E-state index in [2.05, 4.69) is 19.6 Å². The highest BCUT2D eigenvalue weighted by molar-refractivity contribution is 7.90. The highest BCUT2D eigenvalue weighted by Gasteiger charge is 2.48. The van der Waals surface area contributed by atoms with Gasteiger partial charge in [-0.1, -0.05) is 18.0 Å². The fourth-order valence-electron chi connectivity index (χ4n) is 5.64. The second kappa shape index (κ2) is 9.10. The number of hydrogen-bond donors (Lipinski definition) is 2. The molecule has 0 aromatic carbocycles. The molecule has 1 saturated heterocycles. The second-order valence-electron chi connectivity index (χ2n) is 10.8. The van der Waals surface area contributed by atoms with Crippen LogP contribution in [0.2, 0.25) is 5.02 Å². The lowest BCUT2D eigenvalue weighted by Crippen LogP contribution is -2.53. The van der Waals surface area contributed by atoms with Crippen molar-refractivity contribution >= 4 is 40.4 Å². The number of fused-ring (bicyclic) bond motifs is 1. The molecule has 0 radical (unpaired) electrons. The monoisotopic (exact) mass is 515 g/mol. The first-order valence-electron chi connectivity index (χ1n) is 12.3. The fraction of sp³-hybridized carbons (Fsp3) is 0.560. The zero-order valence-electron chi connectivity index (χ0n) is 20.8. The molecule has 3 aromatic rings. The minimum absolute atomic E-state index is 0.197. The summed E-state index contributed by atoms with van der Waals surface area (Å²) < 4.78 is 18.1. The Kier molecular flexibility index (Phi) is 6.40. The van der Waals surface area contributed by atoms with Crippen molar-refractivity contribution in [2.24, 2.45) is 5.41 Å². The summed E-state index contributed by atoms with van der Waals surface area (Å²) in [6.07, 6.45) is 11.0. The van der Waals surface area contributed by atoms with Crippen LogP contribution in [-0.2, 0) is 11.4 Å². The van der Waals surface area contributed by atoms with Crippen LogP contribution in [-0.4, -0.2) is 47.8 Å². The number of pyridine rings is 1. The first kappa shape index (κ1) is 24.6. The molecule has 0 bridgehead atoms. The Balaban J connectivity index is 1.42. The highest BCUT2D eigenvalue weighted by atomic mass is 35.5. The Morgan fingerprint density at radius 1 is 1.20 bits per heavy atom. The van der Waals surface area contributed by atoms with Gasteiger partial charge >= 0.3 is 0 Å². The molecular weight excluding hydrogens is 482 g/mol. The SMILES string of the molecule is Cc1nc(N2CCC3(CCC[C@H]3N[S+]([O-])C(C)(C)C)CC2)n2ccnc2c1-c1ccnc(N)c1Cl. The van der Waals surface area contributed by atoms with Crippen molar-refractivity contribution in [1.82, 2.24) is 24.1 Å². The molecule has 1 unspecified atom stereocenters. The number of aryl methyl sites for hydroxylation is 1. The summed E-state index contributed by atoms with van der Waals surface area (Å²) in [6.45, 7) is 9.89. The summed E-state index contributed by atoms with van der Waals surface area (Å²) in [7, 11) is 0. The summed E-state index contributed by atoms with van der Waals surface area (Å²) in [5.74, 6) is 1.19. The third kappa shape index (κ3) is 4.37. The van der Waals surface area contributed by atoms with Gasteiger partial charge < -0.3 is 15.2 Å². The van der Waals surface area contributed by atoms with E-state index in [4.69, 9.17) is 22.3 Å². The Hall–Kier alpha value is -2.07. The zero-order chi connectivity index (χ0) is 25.0. The molecule has 1 spiro atoms. The van der Waals surface area contributed by atoms with Crippen molar-refractivity contribution in [1.29, 1.82) is 0 Å². The van der Waals surface area contributed by atoms with Crippen LogP contribution in [0.3, 0.4) is 0 Å². The van der Waals surface area contributed by atoms with E-state index in [0.29, 0.717) is 16.9 Å². The van der Waals surface area contributed by atoms with Gasteiger partial charge in [-0.25, -0.2) is 15.0 Å². The van der Waals surface area contributed by atoms with E-state index in [1.54, 1.807) is 12.4 Å². The number of nitrogen functional groups attached to an aromatic ring is 1. The van der Waals surface area contributed by atoms with Crippen molar-refractivity contribution in [3.05, 3.63) is 35.4 Å². The molecule has 1 aliphatic heterocycles. The molecule has 188 valence electrons. The molecule has 2 fully saturated rings. The summed E-state index contributed by atoms with van der Waals surface area (Å²) in [4.78, 5) is 16.1. The number of imidazole rings is 1. The van der Waals surface area contributed by atoms with Gasteiger partial charge in [0.05, 0.1) is 16.8 Å². The quantitative estimate of drug-likeness (QED) is 0.491. The Labute approximate surface area is 215 Å². The first-order chi connectivity index (χ1) is 16.6. The van der Waals surface area contributed by atoms with Gasteiger partial charge in [0.2, 0.25) is 5.95 Å². The van der Waals surface area contributed by atoms with Crippen molar-refractivity contribution in [2.75, 3.05) is 23.7 Å². The average molecular weight is 516 g/mol. The van der Waals surface area contributed by atoms with Gasteiger partial charge in [0.25, 0.3) is 0 Å². The van der Waals surface area contributed by atoms with Crippen LogP contribution in [0.15, 0.2) is 24.7 Å². The van der Waals surface area contributed by atoms with Crippen molar-refractivity contribution < 1.29 is 4.55 Å². The number of anilines is 2. The van der Waals surface area contributed by atoms with Gasteiger partial charge in [0.15, 0.2) is 0 Å². The molecule has 1 aliphatic carbocycles. The first-order valence-corrected chi connectivity index (χ1v) is 13.8. The van der Waals surface area contributed by atoms with Crippen LogP contribution < -0.4 is 15.4 Å². The predicted molar refractivity (Wildman–Crippen MR) is 143 cm³/mol. The normalized spacial score (nSPS) is 21.2. The van der Waals surface area contributed by atoms with Crippen LogP contribution in [0.5, 0.6) is 0 Å².